The van der Waals surface area contributed by atoms with E-state index in [-0.39, 0.29) is 28.9 Å². The van der Waals surface area contributed by atoms with Crippen molar-refractivity contribution < 1.29 is 9.59 Å². The van der Waals surface area contributed by atoms with Crippen molar-refractivity contribution in [2.45, 2.75) is 49.8 Å². The number of thiazole rings is 1. The number of hydrogen-bond acceptors (Lipinski definition) is 8. The Labute approximate surface area is 164 Å². The van der Waals surface area contributed by atoms with E-state index in [2.05, 4.69) is 46.6 Å². The normalized spacial score (nSPS) is 14.7. The zero-order chi connectivity index (χ0) is 18.7. The van der Waals surface area contributed by atoms with Gasteiger partial charge in [0.25, 0.3) is 0 Å². The van der Waals surface area contributed by atoms with E-state index < -0.39 is 0 Å². The molecule has 2 heterocycles. The standard InChI is InChI=1S/C16H21N5O2S3/c1-16(2,3)10-7-24-13(17-10)18-11(22)8-25-15-21-20-14(26-15)19-12(23)9-5-4-6-9/h7,9H,4-6,8H2,1-3H3,(H,17,18,22)(H,19,20,23). The Balaban J connectivity index is 1.45. The van der Waals surface area contributed by atoms with Gasteiger partial charge in [0.1, 0.15) is 0 Å². The van der Waals surface area contributed by atoms with Crippen LogP contribution in [0.25, 0.3) is 0 Å². The van der Waals surface area contributed by atoms with Crippen LogP contribution in [0.4, 0.5) is 10.3 Å². The molecule has 0 bridgehead atoms. The third-order valence-corrected chi connectivity index (χ3v) is 6.69. The van der Waals surface area contributed by atoms with Gasteiger partial charge in [-0.3, -0.25) is 9.59 Å². The van der Waals surface area contributed by atoms with Crippen molar-refractivity contribution in [1.82, 2.24) is 15.2 Å². The fraction of sp³-hybridized carbons (Fsp3) is 0.562. The minimum atomic E-state index is -0.139. The fourth-order valence-electron chi connectivity index (χ4n) is 2.15. The Kier molecular flexibility index (Phi) is 5.93. The summed E-state index contributed by atoms with van der Waals surface area (Å²) in [7, 11) is 0. The van der Waals surface area contributed by atoms with Gasteiger partial charge in [0.15, 0.2) is 9.47 Å². The van der Waals surface area contributed by atoms with Crippen LogP contribution in [0, 0.1) is 5.92 Å². The van der Waals surface area contributed by atoms with Crippen LogP contribution < -0.4 is 10.6 Å². The Hall–Kier alpha value is -1.52. The quantitative estimate of drug-likeness (QED) is 0.555. The van der Waals surface area contributed by atoms with Crippen molar-refractivity contribution in [2.24, 2.45) is 5.92 Å². The zero-order valence-electron chi connectivity index (χ0n) is 14.9. The summed E-state index contributed by atoms with van der Waals surface area (Å²) >= 11 is 4.00. The predicted molar refractivity (Wildman–Crippen MR) is 106 cm³/mol. The molecule has 2 aromatic heterocycles. The molecule has 1 aliphatic rings. The molecule has 1 aliphatic carbocycles. The minimum Gasteiger partial charge on any atom is -0.301 e. The van der Waals surface area contributed by atoms with Crippen molar-refractivity contribution in [3.8, 4) is 0 Å². The molecule has 26 heavy (non-hydrogen) atoms. The zero-order valence-corrected chi connectivity index (χ0v) is 17.3. The molecule has 0 spiro atoms. The van der Waals surface area contributed by atoms with Crippen LogP contribution in [0.5, 0.6) is 0 Å². The van der Waals surface area contributed by atoms with E-state index in [1.165, 1.54) is 34.4 Å². The monoisotopic (exact) mass is 411 g/mol. The summed E-state index contributed by atoms with van der Waals surface area (Å²) in [4.78, 5) is 28.4. The lowest BCUT2D eigenvalue weighted by Gasteiger charge is -2.23. The first-order chi connectivity index (χ1) is 12.3. The first-order valence-corrected chi connectivity index (χ1v) is 11.0. The van der Waals surface area contributed by atoms with Crippen LogP contribution in [0.2, 0.25) is 0 Å². The molecule has 0 aliphatic heterocycles. The summed E-state index contributed by atoms with van der Waals surface area (Å²) in [6, 6.07) is 0. The van der Waals surface area contributed by atoms with E-state index in [4.69, 9.17) is 0 Å². The van der Waals surface area contributed by atoms with Gasteiger partial charge in [-0.25, -0.2) is 4.98 Å². The van der Waals surface area contributed by atoms with Crippen LogP contribution in [0.15, 0.2) is 9.72 Å². The lowest BCUT2D eigenvalue weighted by atomic mass is 9.85. The number of thioether (sulfide) groups is 1. The maximum Gasteiger partial charge on any atom is 0.236 e. The molecule has 1 fully saturated rings. The lowest BCUT2D eigenvalue weighted by Crippen LogP contribution is -2.27. The van der Waals surface area contributed by atoms with Gasteiger partial charge in [-0.2, -0.15) is 0 Å². The van der Waals surface area contributed by atoms with E-state index in [1.54, 1.807) is 0 Å². The minimum absolute atomic E-state index is 0.0140. The highest BCUT2D eigenvalue weighted by Crippen LogP contribution is 2.30. The number of aromatic nitrogens is 3. The Morgan fingerprint density at radius 3 is 2.62 bits per heavy atom. The predicted octanol–water partition coefficient (Wildman–Crippen LogP) is 3.76. The molecule has 2 N–H and O–H groups in total. The van der Waals surface area contributed by atoms with Gasteiger partial charge in [-0.15, -0.1) is 21.5 Å². The molecule has 0 aromatic carbocycles. The largest absolute Gasteiger partial charge is 0.301 e. The van der Waals surface area contributed by atoms with Crippen LogP contribution in [0.1, 0.15) is 45.7 Å². The molecule has 10 heteroatoms. The maximum atomic E-state index is 12.1. The average Bonchev–Trinajstić information content (AvgIpc) is 3.12. The maximum absolute atomic E-state index is 12.1. The number of carbonyl (C=O) groups excluding carboxylic acids is 2. The molecule has 7 nitrogen and oxygen atoms in total. The smallest absolute Gasteiger partial charge is 0.236 e. The molecular formula is C16H21N5O2S3. The second-order valence-electron chi connectivity index (χ2n) is 7.11. The van der Waals surface area contributed by atoms with Gasteiger partial charge in [-0.1, -0.05) is 50.3 Å². The Morgan fingerprint density at radius 1 is 1.23 bits per heavy atom. The molecule has 140 valence electrons. The van der Waals surface area contributed by atoms with Crippen molar-refractivity contribution in [2.75, 3.05) is 16.4 Å². The molecular weight excluding hydrogens is 390 g/mol. The third kappa shape index (κ3) is 5.01. The van der Waals surface area contributed by atoms with Crippen LogP contribution in [-0.2, 0) is 15.0 Å². The number of carbonyl (C=O) groups is 2. The number of rotatable bonds is 6. The van der Waals surface area contributed by atoms with E-state index >= 15 is 0 Å². The molecule has 0 atom stereocenters. The number of nitrogens with one attached hydrogen (secondary N) is 2. The topological polar surface area (TPSA) is 96.9 Å². The highest BCUT2D eigenvalue weighted by molar-refractivity contribution is 8.01. The Morgan fingerprint density at radius 2 is 2.00 bits per heavy atom. The van der Waals surface area contributed by atoms with Gasteiger partial charge in [0, 0.05) is 16.7 Å². The number of hydrogen-bond donors (Lipinski definition) is 2. The van der Waals surface area contributed by atoms with Crippen LogP contribution in [-0.4, -0.2) is 32.7 Å². The van der Waals surface area contributed by atoms with Crippen LogP contribution >= 0.6 is 34.4 Å². The molecule has 0 unspecified atom stereocenters. The SMILES string of the molecule is CC(C)(C)c1csc(NC(=O)CSc2nnc(NC(=O)C3CCC3)s2)n1. The first kappa shape index (κ1) is 19.2. The summed E-state index contributed by atoms with van der Waals surface area (Å²) in [5.74, 6) is 0.201. The molecule has 2 aromatic rings. The summed E-state index contributed by atoms with van der Waals surface area (Å²) in [6.45, 7) is 6.25. The molecule has 0 radical (unpaired) electrons. The van der Waals surface area contributed by atoms with E-state index in [0.29, 0.717) is 14.6 Å². The molecule has 1 saturated carbocycles. The number of anilines is 2. The van der Waals surface area contributed by atoms with Gasteiger partial charge in [0.2, 0.25) is 16.9 Å². The van der Waals surface area contributed by atoms with Crippen molar-refractivity contribution in [3.05, 3.63) is 11.1 Å². The first-order valence-electron chi connectivity index (χ1n) is 8.34. The van der Waals surface area contributed by atoms with Crippen molar-refractivity contribution in [3.63, 3.8) is 0 Å². The van der Waals surface area contributed by atoms with Gasteiger partial charge >= 0.3 is 0 Å². The molecule has 2 amide bonds. The second kappa shape index (κ2) is 8.01. The fourth-order valence-corrected chi connectivity index (χ4v) is 4.66. The van der Waals surface area contributed by atoms with E-state index in [0.717, 1.165) is 25.0 Å². The highest BCUT2D eigenvalue weighted by atomic mass is 32.2. The highest BCUT2D eigenvalue weighted by Gasteiger charge is 2.26. The van der Waals surface area contributed by atoms with Gasteiger partial charge < -0.3 is 10.6 Å². The van der Waals surface area contributed by atoms with E-state index in [1.807, 2.05) is 5.38 Å². The molecule has 3 rings (SSSR count). The lowest BCUT2D eigenvalue weighted by molar-refractivity contribution is -0.122. The van der Waals surface area contributed by atoms with E-state index in [9.17, 15) is 9.59 Å². The molecule has 0 saturated heterocycles. The summed E-state index contributed by atoms with van der Waals surface area (Å²) in [5.41, 5.74) is 0.919. The number of amides is 2. The van der Waals surface area contributed by atoms with Gasteiger partial charge in [0.05, 0.1) is 11.4 Å². The summed E-state index contributed by atoms with van der Waals surface area (Å²) < 4.78 is 0.651. The Bertz CT molecular complexity index is 792. The number of nitrogens with zero attached hydrogens (tertiary/aromatic N) is 3. The van der Waals surface area contributed by atoms with Crippen LogP contribution in [0.3, 0.4) is 0 Å². The second-order valence-corrected chi connectivity index (χ2v) is 10.2. The summed E-state index contributed by atoms with van der Waals surface area (Å²) in [5, 5.41) is 16.6. The van der Waals surface area contributed by atoms with Gasteiger partial charge in [-0.05, 0) is 12.8 Å². The third-order valence-electron chi connectivity index (χ3n) is 3.96. The summed E-state index contributed by atoms with van der Waals surface area (Å²) in [6.07, 6.45) is 3.00. The van der Waals surface area contributed by atoms with Crippen molar-refractivity contribution in [1.29, 1.82) is 0 Å². The van der Waals surface area contributed by atoms with Crippen molar-refractivity contribution >= 4 is 56.5 Å². The average molecular weight is 412 g/mol.